The Labute approximate surface area is 149 Å². The van der Waals surface area contributed by atoms with Crippen LogP contribution in [0.2, 0.25) is 5.02 Å². The molecule has 25 heavy (non-hydrogen) atoms. The molecule has 1 heterocycles. The van der Waals surface area contributed by atoms with Gasteiger partial charge in [-0.2, -0.15) is 0 Å². The fraction of sp³-hybridized carbons (Fsp3) is 0.222. The summed E-state index contributed by atoms with van der Waals surface area (Å²) in [6, 6.07) is 12.3. The van der Waals surface area contributed by atoms with Gasteiger partial charge < -0.3 is 15.5 Å². The first-order chi connectivity index (χ1) is 12.0. The van der Waals surface area contributed by atoms with E-state index in [0.29, 0.717) is 23.8 Å². The highest BCUT2D eigenvalue weighted by Gasteiger charge is 2.31. The average Bonchev–Trinajstić information content (AvgIpc) is 2.95. The van der Waals surface area contributed by atoms with Gasteiger partial charge in [-0.1, -0.05) is 29.8 Å². The summed E-state index contributed by atoms with van der Waals surface area (Å²) in [5.74, 6) is -0.466. The first-order valence-corrected chi connectivity index (χ1v) is 8.24. The van der Waals surface area contributed by atoms with E-state index in [1.165, 1.54) is 12.1 Å². The summed E-state index contributed by atoms with van der Waals surface area (Å²) < 4.78 is 13.0. The molecular weight excluding hydrogens is 345 g/mol. The van der Waals surface area contributed by atoms with Gasteiger partial charge in [-0.25, -0.2) is 9.18 Å². The molecule has 2 aromatic rings. The number of benzene rings is 2. The number of halogens is 2. The number of urea groups is 1. The number of carbonyl (C=O) groups excluding carboxylic acids is 2. The topological polar surface area (TPSA) is 61.4 Å². The Morgan fingerprint density at radius 2 is 1.92 bits per heavy atom. The highest BCUT2D eigenvalue weighted by Crippen LogP contribution is 2.21. The maximum absolute atomic E-state index is 13.0. The zero-order valence-electron chi connectivity index (χ0n) is 13.3. The molecule has 2 aromatic carbocycles. The minimum absolute atomic E-state index is 0.108. The summed E-state index contributed by atoms with van der Waals surface area (Å²) in [5, 5.41) is 6.09. The number of carbonyl (C=O) groups is 2. The Morgan fingerprint density at radius 3 is 2.64 bits per heavy atom. The van der Waals surface area contributed by atoms with Crippen LogP contribution in [0, 0.1) is 5.82 Å². The first kappa shape index (κ1) is 17.2. The van der Waals surface area contributed by atoms with E-state index in [2.05, 4.69) is 10.6 Å². The number of hydrogen-bond donors (Lipinski definition) is 2. The quantitative estimate of drug-likeness (QED) is 0.879. The Bertz CT molecular complexity index is 782. The second-order valence-corrected chi connectivity index (χ2v) is 6.21. The van der Waals surface area contributed by atoms with E-state index in [0.717, 1.165) is 5.56 Å². The second kappa shape index (κ2) is 7.53. The van der Waals surface area contributed by atoms with E-state index >= 15 is 0 Å². The SMILES string of the molecule is O=C(NCc1ccccc1Cl)N[C@@H]1CC(=O)N(c2ccc(F)cc2)C1. The number of nitrogens with one attached hydrogen (secondary N) is 2. The molecule has 7 heteroatoms. The van der Waals surface area contributed by atoms with Crippen LogP contribution in [0.3, 0.4) is 0 Å². The summed E-state index contributed by atoms with van der Waals surface area (Å²) >= 11 is 6.05. The molecule has 0 spiro atoms. The summed E-state index contributed by atoms with van der Waals surface area (Å²) in [6.07, 6.45) is 0.205. The summed E-state index contributed by atoms with van der Waals surface area (Å²) in [7, 11) is 0. The van der Waals surface area contributed by atoms with Gasteiger partial charge in [-0.15, -0.1) is 0 Å². The molecule has 2 N–H and O–H groups in total. The van der Waals surface area contributed by atoms with Crippen molar-refractivity contribution in [1.82, 2.24) is 10.6 Å². The van der Waals surface area contributed by atoms with Crippen LogP contribution in [-0.4, -0.2) is 24.5 Å². The van der Waals surface area contributed by atoms with E-state index in [-0.39, 0.29) is 30.2 Å². The minimum Gasteiger partial charge on any atom is -0.334 e. The van der Waals surface area contributed by atoms with E-state index < -0.39 is 0 Å². The summed E-state index contributed by atoms with van der Waals surface area (Å²) in [4.78, 5) is 25.7. The van der Waals surface area contributed by atoms with Gasteiger partial charge in [0.25, 0.3) is 0 Å². The van der Waals surface area contributed by atoms with Crippen molar-refractivity contribution in [2.24, 2.45) is 0 Å². The summed E-state index contributed by atoms with van der Waals surface area (Å²) in [5.41, 5.74) is 1.43. The van der Waals surface area contributed by atoms with Crippen LogP contribution >= 0.6 is 11.6 Å². The van der Waals surface area contributed by atoms with Gasteiger partial charge in [0.1, 0.15) is 5.82 Å². The standard InChI is InChI=1S/C18H17ClFN3O2/c19-16-4-2-1-3-12(16)10-21-18(25)22-14-9-17(24)23(11-14)15-7-5-13(20)6-8-15/h1-8,14H,9-11H2,(H2,21,22,25)/t14-/m1/s1. The maximum Gasteiger partial charge on any atom is 0.315 e. The normalized spacial score (nSPS) is 16.8. The first-order valence-electron chi connectivity index (χ1n) is 7.86. The fourth-order valence-electron chi connectivity index (χ4n) is 2.73. The van der Waals surface area contributed by atoms with E-state index in [9.17, 15) is 14.0 Å². The molecule has 0 unspecified atom stereocenters. The summed E-state index contributed by atoms with van der Waals surface area (Å²) in [6.45, 7) is 0.651. The lowest BCUT2D eigenvalue weighted by molar-refractivity contribution is -0.117. The molecular formula is C18H17ClFN3O2. The molecule has 3 rings (SSSR count). The fourth-order valence-corrected chi connectivity index (χ4v) is 2.93. The molecule has 1 saturated heterocycles. The molecule has 1 aliphatic rings. The predicted molar refractivity (Wildman–Crippen MR) is 94.0 cm³/mol. The zero-order valence-corrected chi connectivity index (χ0v) is 14.1. The van der Waals surface area contributed by atoms with Crippen LogP contribution in [-0.2, 0) is 11.3 Å². The molecule has 1 atom stereocenters. The Kier molecular flexibility index (Phi) is 5.19. The molecule has 1 fully saturated rings. The number of hydrogen-bond acceptors (Lipinski definition) is 2. The molecule has 0 aliphatic carbocycles. The van der Waals surface area contributed by atoms with Crippen LogP contribution in [0.1, 0.15) is 12.0 Å². The number of rotatable bonds is 4. The predicted octanol–water partition coefficient (Wildman–Crippen LogP) is 3.08. The number of nitrogens with zero attached hydrogens (tertiary/aromatic N) is 1. The van der Waals surface area contributed by atoms with Gasteiger partial charge >= 0.3 is 6.03 Å². The van der Waals surface area contributed by atoms with Gasteiger partial charge in [-0.3, -0.25) is 4.79 Å². The molecule has 130 valence electrons. The third-order valence-corrected chi connectivity index (χ3v) is 4.36. The van der Waals surface area contributed by atoms with Gasteiger partial charge in [0.15, 0.2) is 0 Å². The van der Waals surface area contributed by atoms with Crippen LogP contribution in [0.15, 0.2) is 48.5 Å². The minimum atomic E-state index is -0.362. The molecule has 0 saturated carbocycles. The number of anilines is 1. The number of amides is 3. The second-order valence-electron chi connectivity index (χ2n) is 5.80. The lowest BCUT2D eigenvalue weighted by atomic mass is 10.2. The van der Waals surface area contributed by atoms with E-state index in [1.54, 1.807) is 23.1 Å². The van der Waals surface area contributed by atoms with Crippen molar-refractivity contribution < 1.29 is 14.0 Å². The zero-order chi connectivity index (χ0) is 17.8. The molecule has 1 aliphatic heterocycles. The van der Waals surface area contributed by atoms with Crippen LogP contribution in [0.5, 0.6) is 0 Å². The third-order valence-electron chi connectivity index (χ3n) is 4.00. The van der Waals surface area contributed by atoms with Crippen molar-refractivity contribution >= 4 is 29.2 Å². The lowest BCUT2D eigenvalue weighted by Gasteiger charge is -2.17. The molecule has 0 radical (unpaired) electrons. The van der Waals surface area contributed by atoms with Gasteiger partial charge in [0.05, 0.1) is 6.04 Å². The maximum atomic E-state index is 13.0. The molecule has 0 bridgehead atoms. The van der Waals surface area contributed by atoms with Crippen molar-refractivity contribution in [3.8, 4) is 0 Å². The Balaban J connectivity index is 1.53. The molecule has 0 aromatic heterocycles. The van der Waals surface area contributed by atoms with Crippen molar-refractivity contribution in [3.63, 3.8) is 0 Å². The van der Waals surface area contributed by atoms with Crippen LogP contribution in [0.4, 0.5) is 14.9 Å². The monoisotopic (exact) mass is 361 g/mol. The molecule has 5 nitrogen and oxygen atoms in total. The van der Waals surface area contributed by atoms with Crippen molar-refractivity contribution in [2.75, 3.05) is 11.4 Å². The van der Waals surface area contributed by atoms with Crippen molar-refractivity contribution in [1.29, 1.82) is 0 Å². The Morgan fingerprint density at radius 1 is 1.20 bits per heavy atom. The van der Waals surface area contributed by atoms with Gasteiger partial charge in [-0.05, 0) is 35.9 Å². The average molecular weight is 362 g/mol. The van der Waals surface area contributed by atoms with Crippen molar-refractivity contribution in [3.05, 3.63) is 64.9 Å². The van der Waals surface area contributed by atoms with Gasteiger partial charge in [0.2, 0.25) is 5.91 Å². The van der Waals surface area contributed by atoms with E-state index in [4.69, 9.17) is 11.6 Å². The molecule has 3 amide bonds. The third kappa shape index (κ3) is 4.28. The highest BCUT2D eigenvalue weighted by molar-refractivity contribution is 6.31. The largest absolute Gasteiger partial charge is 0.334 e. The lowest BCUT2D eigenvalue weighted by Crippen LogP contribution is -2.43. The smallest absolute Gasteiger partial charge is 0.315 e. The van der Waals surface area contributed by atoms with Crippen molar-refractivity contribution in [2.45, 2.75) is 19.0 Å². The van der Waals surface area contributed by atoms with Crippen LogP contribution in [0.25, 0.3) is 0 Å². The van der Waals surface area contributed by atoms with Crippen LogP contribution < -0.4 is 15.5 Å². The highest BCUT2D eigenvalue weighted by atomic mass is 35.5. The van der Waals surface area contributed by atoms with E-state index in [1.807, 2.05) is 18.2 Å². The van der Waals surface area contributed by atoms with Gasteiger partial charge in [0, 0.05) is 30.2 Å². The Hall–Kier alpha value is -2.60.